The first-order valence-corrected chi connectivity index (χ1v) is 6.93. The van der Waals surface area contributed by atoms with Crippen molar-refractivity contribution in [3.63, 3.8) is 0 Å². The number of hydrogen-bond donors (Lipinski definition) is 2. The minimum atomic E-state index is -0.535. The van der Waals surface area contributed by atoms with E-state index in [1.165, 1.54) is 4.88 Å². The Labute approximate surface area is 113 Å². The van der Waals surface area contributed by atoms with Crippen molar-refractivity contribution >= 4 is 17.2 Å². The maximum absolute atomic E-state index is 12.0. The summed E-state index contributed by atoms with van der Waals surface area (Å²) < 4.78 is 0. The molecule has 0 spiro atoms. The summed E-state index contributed by atoms with van der Waals surface area (Å²) in [6.45, 7) is 4.37. The summed E-state index contributed by atoms with van der Waals surface area (Å²) in [6.07, 6.45) is 0. The van der Waals surface area contributed by atoms with Crippen molar-refractivity contribution < 1.29 is 4.79 Å². The smallest absolute Gasteiger partial charge is 0.239 e. The molecule has 0 aromatic carbocycles. The van der Waals surface area contributed by atoms with Gasteiger partial charge in [-0.05, 0) is 46.4 Å². The molecule has 1 atom stereocenters. The second kappa shape index (κ2) is 6.31. The summed E-state index contributed by atoms with van der Waals surface area (Å²) in [5, 5.41) is 8.07. The molecule has 1 aromatic heterocycles. The summed E-state index contributed by atoms with van der Waals surface area (Å²) in [5.41, 5.74) is -0.535. The third-order valence-electron chi connectivity index (χ3n) is 3.14. The number of carbonyl (C=O) groups is 1. The van der Waals surface area contributed by atoms with Crippen molar-refractivity contribution in [1.29, 1.82) is 0 Å². The van der Waals surface area contributed by atoms with Crippen molar-refractivity contribution in [2.24, 2.45) is 0 Å². The SMILES string of the molecule is CNC(C)(C)C(=O)NCC(c1cccs1)N(C)C. The van der Waals surface area contributed by atoms with E-state index in [9.17, 15) is 4.79 Å². The lowest BCUT2D eigenvalue weighted by Gasteiger charge is -2.27. The Hall–Kier alpha value is -0.910. The van der Waals surface area contributed by atoms with Gasteiger partial charge in [0.05, 0.1) is 11.6 Å². The molecule has 18 heavy (non-hydrogen) atoms. The van der Waals surface area contributed by atoms with Crippen LogP contribution in [0.3, 0.4) is 0 Å². The number of thiophene rings is 1. The van der Waals surface area contributed by atoms with Crippen LogP contribution in [0.4, 0.5) is 0 Å². The maximum Gasteiger partial charge on any atom is 0.239 e. The van der Waals surface area contributed by atoms with Crippen molar-refractivity contribution in [2.75, 3.05) is 27.7 Å². The summed E-state index contributed by atoms with van der Waals surface area (Å²) in [7, 11) is 5.85. The van der Waals surface area contributed by atoms with Gasteiger partial charge in [-0.25, -0.2) is 0 Å². The highest BCUT2D eigenvalue weighted by Gasteiger charge is 2.26. The van der Waals surface area contributed by atoms with Crippen LogP contribution in [0.2, 0.25) is 0 Å². The highest BCUT2D eigenvalue weighted by molar-refractivity contribution is 7.10. The molecule has 1 rings (SSSR count). The molecule has 0 bridgehead atoms. The standard InChI is InChI=1S/C13H23N3OS/c1-13(2,14-3)12(17)15-9-10(16(4)5)11-7-6-8-18-11/h6-8,10,14H,9H2,1-5H3,(H,15,17). The van der Waals surface area contributed by atoms with Gasteiger partial charge in [0.1, 0.15) is 0 Å². The van der Waals surface area contributed by atoms with Crippen LogP contribution in [0, 0.1) is 0 Å². The zero-order chi connectivity index (χ0) is 13.8. The van der Waals surface area contributed by atoms with Gasteiger partial charge in [0.2, 0.25) is 5.91 Å². The van der Waals surface area contributed by atoms with Gasteiger partial charge in [-0.1, -0.05) is 6.07 Å². The number of rotatable bonds is 6. The van der Waals surface area contributed by atoms with Crippen molar-refractivity contribution in [3.05, 3.63) is 22.4 Å². The molecular weight excluding hydrogens is 246 g/mol. The maximum atomic E-state index is 12.0. The van der Waals surface area contributed by atoms with E-state index < -0.39 is 5.54 Å². The first-order valence-electron chi connectivity index (χ1n) is 6.05. The monoisotopic (exact) mass is 269 g/mol. The van der Waals surface area contributed by atoms with E-state index in [4.69, 9.17) is 0 Å². The van der Waals surface area contributed by atoms with Crippen LogP contribution in [0.15, 0.2) is 17.5 Å². The quantitative estimate of drug-likeness (QED) is 0.822. The predicted molar refractivity (Wildman–Crippen MR) is 76.9 cm³/mol. The van der Waals surface area contributed by atoms with Gasteiger partial charge < -0.3 is 15.5 Å². The van der Waals surface area contributed by atoms with E-state index in [1.54, 1.807) is 18.4 Å². The molecule has 1 aromatic rings. The molecule has 0 aliphatic heterocycles. The zero-order valence-corrected chi connectivity index (χ0v) is 12.6. The van der Waals surface area contributed by atoms with Crippen LogP contribution < -0.4 is 10.6 Å². The van der Waals surface area contributed by atoms with Crippen molar-refractivity contribution in [1.82, 2.24) is 15.5 Å². The molecular formula is C13H23N3OS. The lowest BCUT2D eigenvalue weighted by molar-refractivity contribution is -0.126. The molecule has 0 radical (unpaired) electrons. The fourth-order valence-corrected chi connectivity index (χ4v) is 2.47. The number of nitrogens with one attached hydrogen (secondary N) is 2. The number of amides is 1. The van der Waals surface area contributed by atoms with Crippen molar-refractivity contribution in [2.45, 2.75) is 25.4 Å². The van der Waals surface area contributed by atoms with E-state index in [-0.39, 0.29) is 11.9 Å². The molecule has 0 fully saturated rings. The molecule has 1 heterocycles. The molecule has 2 N–H and O–H groups in total. The third-order valence-corrected chi connectivity index (χ3v) is 4.12. The Morgan fingerprint density at radius 1 is 1.50 bits per heavy atom. The Morgan fingerprint density at radius 3 is 2.61 bits per heavy atom. The second-order valence-corrected chi connectivity index (χ2v) is 6.06. The normalized spacial score (nSPS) is 13.7. The summed E-state index contributed by atoms with van der Waals surface area (Å²) in [5.74, 6) is 0.0217. The fourth-order valence-electron chi connectivity index (χ4n) is 1.54. The van der Waals surface area contributed by atoms with Crippen LogP contribution in [0.5, 0.6) is 0 Å². The molecule has 102 valence electrons. The lowest BCUT2D eigenvalue weighted by Crippen LogP contribution is -2.52. The summed E-state index contributed by atoms with van der Waals surface area (Å²) in [4.78, 5) is 15.4. The van der Waals surface area contributed by atoms with Crippen molar-refractivity contribution in [3.8, 4) is 0 Å². The van der Waals surface area contributed by atoms with Gasteiger partial charge in [0.15, 0.2) is 0 Å². The molecule has 1 unspecified atom stereocenters. The molecule has 0 aliphatic rings. The number of carbonyl (C=O) groups excluding carboxylic acids is 1. The first kappa shape index (κ1) is 15.1. The number of likely N-dealkylation sites (N-methyl/N-ethyl adjacent to an activating group) is 2. The Bertz CT molecular complexity index is 374. The van der Waals surface area contributed by atoms with E-state index in [0.29, 0.717) is 6.54 Å². The van der Waals surface area contributed by atoms with E-state index in [2.05, 4.69) is 27.0 Å². The summed E-state index contributed by atoms with van der Waals surface area (Å²) >= 11 is 1.72. The molecule has 0 saturated carbocycles. The number of nitrogens with zero attached hydrogens (tertiary/aromatic N) is 1. The first-order chi connectivity index (χ1) is 8.38. The minimum absolute atomic E-state index is 0.0217. The molecule has 4 nitrogen and oxygen atoms in total. The van der Waals surface area contributed by atoms with E-state index in [1.807, 2.05) is 34.0 Å². The fraction of sp³-hybridized carbons (Fsp3) is 0.615. The van der Waals surface area contributed by atoms with Gasteiger partial charge >= 0.3 is 0 Å². The van der Waals surface area contributed by atoms with Crippen LogP contribution in [-0.4, -0.2) is 44.0 Å². The van der Waals surface area contributed by atoms with Crippen LogP contribution in [-0.2, 0) is 4.79 Å². The largest absolute Gasteiger partial charge is 0.353 e. The van der Waals surface area contributed by atoms with Crippen LogP contribution >= 0.6 is 11.3 Å². The topological polar surface area (TPSA) is 44.4 Å². The third kappa shape index (κ3) is 3.80. The summed E-state index contributed by atoms with van der Waals surface area (Å²) in [6, 6.07) is 4.36. The molecule has 1 amide bonds. The van der Waals surface area contributed by atoms with Crippen LogP contribution in [0.25, 0.3) is 0 Å². The van der Waals surface area contributed by atoms with Crippen LogP contribution in [0.1, 0.15) is 24.8 Å². The molecule has 5 heteroatoms. The Morgan fingerprint density at radius 2 is 2.17 bits per heavy atom. The van der Waals surface area contributed by atoms with Gasteiger partial charge in [-0.15, -0.1) is 11.3 Å². The van der Waals surface area contributed by atoms with E-state index in [0.717, 1.165) is 0 Å². The van der Waals surface area contributed by atoms with Gasteiger partial charge in [0.25, 0.3) is 0 Å². The average Bonchev–Trinajstić information content (AvgIpc) is 2.82. The predicted octanol–water partition coefficient (Wildman–Crippen LogP) is 1.46. The zero-order valence-electron chi connectivity index (χ0n) is 11.8. The van der Waals surface area contributed by atoms with Gasteiger partial charge in [-0.2, -0.15) is 0 Å². The average molecular weight is 269 g/mol. The molecule has 0 saturated heterocycles. The molecule has 0 aliphatic carbocycles. The highest BCUT2D eigenvalue weighted by Crippen LogP contribution is 2.22. The van der Waals surface area contributed by atoms with E-state index >= 15 is 0 Å². The Balaban J connectivity index is 2.62. The second-order valence-electron chi connectivity index (χ2n) is 5.08. The highest BCUT2D eigenvalue weighted by atomic mass is 32.1. The number of hydrogen-bond acceptors (Lipinski definition) is 4. The Kier molecular flexibility index (Phi) is 5.31. The van der Waals surface area contributed by atoms with Gasteiger partial charge in [-0.3, -0.25) is 4.79 Å². The van der Waals surface area contributed by atoms with Gasteiger partial charge in [0, 0.05) is 11.4 Å². The minimum Gasteiger partial charge on any atom is -0.353 e. The lowest BCUT2D eigenvalue weighted by atomic mass is 10.0.